The quantitative estimate of drug-likeness (QED) is 0.0917. The van der Waals surface area contributed by atoms with Gasteiger partial charge in [-0.3, -0.25) is 19.8 Å². The summed E-state index contributed by atoms with van der Waals surface area (Å²) in [7, 11) is 0. The number of fused-ring (bicyclic) bond motifs is 2. The predicted octanol–water partition coefficient (Wildman–Crippen LogP) is 8.22. The van der Waals surface area contributed by atoms with E-state index in [4.69, 9.17) is 0 Å². The van der Waals surface area contributed by atoms with Crippen LogP contribution in [0.15, 0.2) is 67.0 Å². The fraction of sp³-hybridized carbons (Fsp3) is 0.429. The zero-order valence-electron chi connectivity index (χ0n) is 33.3. The average molecular weight is 857 g/mol. The number of hydrogen-bond donors (Lipinski definition) is 4. The molecule has 2 fully saturated rings. The van der Waals surface area contributed by atoms with E-state index in [1.54, 1.807) is 23.1 Å². The molecule has 19 heteroatoms. The summed E-state index contributed by atoms with van der Waals surface area (Å²) in [5.74, 6) is -1.58. The lowest BCUT2D eigenvalue weighted by Gasteiger charge is -2.27. The van der Waals surface area contributed by atoms with Crippen LogP contribution in [0.5, 0.6) is 0 Å². The molecule has 0 spiro atoms. The van der Waals surface area contributed by atoms with Gasteiger partial charge in [0.25, 0.3) is 11.8 Å². The second-order valence-electron chi connectivity index (χ2n) is 15.4. The SMILES string of the molecule is O=C(c1cc(C(F)(F)F)[nH]n1)N(CCN1CCCC1)Cc1cccc2[nH]cc(F)c12.O=C(c1cc(C(F)(F)F)[nH]n1)N(CCN1CCCCCC1)Cc1cccc2cc[nH]c12. The Morgan fingerprint density at radius 2 is 1.16 bits per heavy atom. The maximum atomic E-state index is 14.3. The third-order valence-electron chi connectivity index (χ3n) is 11.2. The first-order valence-electron chi connectivity index (χ1n) is 20.3. The maximum absolute atomic E-state index is 14.3. The number of nitrogens with one attached hydrogen (secondary N) is 4. The molecule has 8 rings (SSSR count). The van der Waals surface area contributed by atoms with Crippen LogP contribution in [0.3, 0.4) is 0 Å². The first kappa shape index (κ1) is 43.4. The van der Waals surface area contributed by atoms with Gasteiger partial charge in [0.15, 0.2) is 11.4 Å². The highest BCUT2D eigenvalue weighted by molar-refractivity contribution is 5.93. The Hall–Kier alpha value is -5.69. The number of alkyl halides is 6. The molecule has 326 valence electrons. The zero-order chi connectivity index (χ0) is 43.1. The fourth-order valence-electron chi connectivity index (χ4n) is 7.91. The average Bonchev–Trinajstić information content (AvgIpc) is 4.08. The van der Waals surface area contributed by atoms with Gasteiger partial charge in [0, 0.05) is 74.7 Å². The largest absolute Gasteiger partial charge is 0.432 e. The van der Waals surface area contributed by atoms with Gasteiger partial charge in [-0.25, -0.2) is 4.39 Å². The Morgan fingerprint density at radius 1 is 0.656 bits per heavy atom. The molecule has 6 heterocycles. The lowest BCUT2D eigenvalue weighted by atomic mass is 10.1. The highest BCUT2D eigenvalue weighted by Gasteiger charge is 2.36. The highest BCUT2D eigenvalue weighted by Crippen LogP contribution is 2.30. The molecule has 2 saturated heterocycles. The molecule has 0 atom stereocenters. The molecule has 4 aromatic heterocycles. The smallest absolute Gasteiger partial charge is 0.361 e. The van der Waals surface area contributed by atoms with Crippen LogP contribution < -0.4 is 0 Å². The number of rotatable bonds is 12. The van der Waals surface area contributed by atoms with Gasteiger partial charge in [0.2, 0.25) is 0 Å². The second-order valence-corrected chi connectivity index (χ2v) is 15.4. The van der Waals surface area contributed by atoms with Crippen LogP contribution >= 0.6 is 0 Å². The normalized spacial score (nSPS) is 15.5. The Balaban J connectivity index is 0.000000184. The van der Waals surface area contributed by atoms with E-state index in [1.807, 2.05) is 40.7 Å². The number of benzene rings is 2. The highest BCUT2D eigenvalue weighted by atomic mass is 19.4. The van der Waals surface area contributed by atoms with E-state index >= 15 is 0 Å². The Kier molecular flexibility index (Phi) is 13.5. The number of amides is 2. The van der Waals surface area contributed by atoms with E-state index in [2.05, 4.69) is 30.0 Å². The van der Waals surface area contributed by atoms with Gasteiger partial charge in [-0.1, -0.05) is 43.2 Å². The van der Waals surface area contributed by atoms with E-state index < -0.39 is 41.4 Å². The van der Waals surface area contributed by atoms with Gasteiger partial charge >= 0.3 is 12.4 Å². The van der Waals surface area contributed by atoms with Crippen molar-refractivity contribution in [2.24, 2.45) is 0 Å². The van der Waals surface area contributed by atoms with E-state index in [0.717, 1.165) is 74.4 Å². The van der Waals surface area contributed by atoms with Crippen molar-refractivity contribution in [3.63, 3.8) is 0 Å². The lowest BCUT2D eigenvalue weighted by molar-refractivity contribution is -0.142. The molecule has 2 aliphatic heterocycles. The minimum atomic E-state index is -4.62. The number of carbonyl (C=O) groups is 2. The third kappa shape index (κ3) is 10.8. The Morgan fingerprint density at radius 3 is 1.70 bits per heavy atom. The molecule has 0 saturated carbocycles. The van der Waals surface area contributed by atoms with Gasteiger partial charge in [-0.15, -0.1) is 0 Å². The van der Waals surface area contributed by atoms with Crippen LogP contribution in [0.25, 0.3) is 21.8 Å². The zero-order valence-corrected chi connectivity index (χ0v) is 33.3. The van der Waals surface area contributed by atoms with Crippen LogP contribution in [-0.4, -0.2) is 114 Å². The number of hydrogen-bond acceptors (Lipinski definition) is 6. The molecule has 0 radical (unpaired) electrons. The molecule has 61 heavy (non-hydrogen) atoms. The van der Waals surface area contributed by atoms with Crippen molar-refractivity contribution in [2.75, 3.05) is 52.4 Å². The Labute approximate surface area is 346 Å². The fourth-order valence-corrected chi connectivity index (χ4v) is 7.91. The van der Waals surface area contributed by atoms with Crippen LogP contribution in [0, 0.1) is 5.82 Å². The Bertz CT molecular complexity index is 2380. The van der Waals surface area contributed by atoms with E-state index in [-0.39, 0.29) is 17.9 Å². The summed E-state index contributed by atoms with van der Waals surface area (Å²) in [5.41, 5.74) is 0.376. The topological polar surface area (TPSA) is 136 Å². The summed E-state index contributed by atoms with van der Waals surface area (Å²) in [6, 6.07) is 14.4. The van der Waals surface area contributed by atoms with Gasteiger partial charge in [0.1, 0.15) is 17.2 Å². The molecule has 0 unspecified atom stereocenters. The van der Waals surface area contributed by atoms with Crippen molar-refractivity contribution < 1.29 is 40.3 Å². The van der Waals surface area contributed by atoms with Crippen molar-refractivity contribution in [1.29, 1.82) is 0 Å². The molecule has 2 aromatic carbocycles. The van der Waals surface area contributed by atoms with Gasteiger partial charge in [-0.05, 0) is 80.5 Å². The monoisotopic (exact) mass is 856 g/mol. The maximum Gasteiger partial charge on any atom is 0.432 e. The van der Waals surface area contributed by atoms with Crippen molar-refractivity contribution >= 4 is 33.6 Å². The molecule has 6 aromatic rings. The number of halogens is 7. The van der Waals surface area contributed by atoms with E-state index in [1.165, 1.54) is 23.9 Å². The first-order valence-corrected chi connectivity index (χ1v) is 20.3. The van der Waals surface area contributed by atoms with Crippen molar-refractivity contribution in [3.8, 4) is 0 Å². The minimum Gasteiger partial charge on any atom is -0.361 e. The molecular weight excluding hydrogens is 810 g/mol. The summed E-state index contributed by atoms with van der Waals surface area (Å²) >= 11 is 0. The number of para-hydroxylation sites is 1. The van der Waals surface area contributed by atoms with Crippen LogP contribution in [0.4, 0.5) is 30.7 Å². The van der Waals surface area contributed by atoms with Gasteiger partial charge in [0.05, 0.1) is 5.52 Å². The number of aromatic amines is 4. The molecular formula is C42H47F7N10O2. The predicted molar refractivity (Wildman–Crippen MR) is 214 cm³/mol. The number of nitrogens with zero attached hydrogens (tertiary/aromatic N) is 6. The van der Waals surface area contributed by atoms with Gasteiger partial charge in [-0.2, -0.15) is 36.5 Å². The van der Waals surface area contributed by atoms with E-state index in [0.29, 0.717) is 55.3 Å². The minimum absolute atomic E-state index is 0.0625. The van der Waals surface area contributed by atoms with Crippen molar-refractivity contribution in [1.82, 2.24) is 50.0 Å². The number of likely N-dealkylation sites (tertiary alicyclic amines) is 2. The van der Waals surface area contributed by atoms with Crippen LogP contribution in [0.2, 0.25) is 0 Å². The van der Waals surface area contributed by atoms with Crippen LogP contribution in [-0.2, 0) is 25.4 Å². The van der Waals surface area contributed by atoms with Crippen molar-refractivity contribution in [3.05, 3.63) is 107 Å². The molecule has 0 bridgehead atoms. The summed E-state index contributed by atoms with van der Waals surface area (Å²) in [6.45, 7) is 6.15. The van der Waals surface area contributed by atoms with E-state index in [9.17, 15) is 40.3 Å². The standard InChI is InChI=1S/C22H26F3N5O.C20H21F4N5O/c23-22(24,25)19-14-18(27-28-19)21(31)30(13-12-29-10-3-1-2-4-11-29)15-17-7-5-6-16-8-9-26-20(16)17;21-14-11-25-15-5-3-4-13(18(14)15)12-29(9-8-28-6-1-2-7-28)19(30)16-10-17(27-26-16)20(22,23)24/h5-9,14,26H,1-4,10-13,15H2,(H,27,28);3-5,10-11,25H,1-2,6-9,12H2,(H,26,27). The molecule has 4 N–H and O–H groups in total. The lowest BCUT2D eigenvalue weighted by Crippen LogP contribution is -2.39. The number of aromatic nitrogens is 6. The number of carbonyl (C=O) groups excluding carboxylic acids is 2. The first-order chi connectivity index (χ1) is 29.2. The van der Waals surface area contributed by atoms with Crippen LogP contribution in [0.1, 0.15) is 82.0 Å². The summed E-state index contributed by atoms with van der Waals surface area (Å²) in [6.07, 6.45) is 0.724. The van der Waals surface area contributed by atoms with Gasteiger partial charge < -0.3 is 29.6 Å². The third-order valence-corrected chi connectivity index (χ3v) is 11.2. The molecule has 12 nitrogen and oxygen atoms in total. The number of H-pyrrole nitrogens is 4. The summed E-state index contributed by atoms with van der Waals surface area (Å²) < 4.78 is 91.9. The summed E-state index contributed by atoms with van der Waals surface area (Å²) in [4.78, 5) is 39.7. The molecule has 2 aliphatic rings. The summed E-state index contributed by atoms with van der Waals surface area (Å²) in [5, 5.41) is 12.4. The molecule has 2 amide bonds. The molecule has 0 aliphatic carbocycles. The van der Waals surface area contributed by atoms with Crippen molar-refractivity contribution in [2.45, 2.75) is 64.0 Å². The second kappa shape index (κ2) is 18.9.